The fourth-order valence-corrected chi connectivity index (χ4v) is 4.10. The Balaban J connectivity index is 2.36. The molecule has 0 bridgehead atoms. The van der Waals surface area contributed by atoms with Gasteiger partial charge in [0.25, 0.3) is 0 Å². The van der Waals surface area contributed by atoms with Crippen molar-refractivity contribution in [3.05, 3.63) is 42.7 Å². The first-order chi connectivity index (χ1) is 7.09. The molecule has 2 aromatic rings. The highest BCUT2D eigenvalue weighted by molar-refractivity contribution is 7.13. The number of halogens is 2. The molecule has 80 valence electrons. The van der Waals surface area contributed by atoms with Crippen molar-refractivity contribution in [1.29, 1.82) is 0 Å². The van der Waals surface area contributed by atoms with Crippen molar-refractivity contribution in [3.8, 4) is 0 Å². The highest BCUT2D eigenvalue weighted by atomic mass is 35.5. The van der Waals surface area contributed by atoms with Crippen LogP contribution >= 0.6 is 45.9 Å². The number of hydrogen-bond donors (Lipinski definition) is 0. The Kier molecular flexibility index (Phi) is 3.41. The lowest BCUT2D eigenvalue weighted by molar-refractivity contribution is 1.23. The summed E-state index contributed by atoms with van der Waals surface area (Å²) < 4.78 is 0. The molecule has 2 heterocycles. The minimum Gasteiger partial charge on any atom is -0.145 e. The third kappa shape index (κ3) is 2.23. The molecule has 4 heteroatoms. The van der Waals surface area contributed by atoms with Gasteiger partial charge in [-0.05, 0) is 36.9 Å². The van der Waals surface area contributed by atoms with Crippen LogP contribution in [0.15, 0.2) is 17.5 Å². The Morgan fingerprint density at radius 2 is 2.00 bits per heavy atom. The van der Waals surface area contributed by atoms with Crippen LogP contribution in [-0.4, -0.2) is 0 Å². The lowest BCUT2D eigenvalue weighted by Gasteiger charge is -2.05. The minimum atomic E-state index is -0.102. The zero-order chi connectivity index (χ0) is 11.0. The molecule has 1 atom stereocenters. The molecule has 0 radical (unpaired) electrons. The quantitative estimate of drug-likeness (QED) is 0.644. The van der Waals surface area contributed by atoms with E-state index in [1.807, 2.05) is 12.3 Å². The second-order valence-corrected chi connectivity index (χ2v) is 6.45. The van der Waals surface area contributed by atoms with E-state index >= 15 is 0 Å². The number of thiophene rings is 2. The Labute approximate surface area is 107 Å². The molecule has 0 fully saturated rings. The first kappa shape index (κ1) is 11.5. The van der Waals surface area contributed by atoms with Gasteiger partial charge >= 0.3 is 0 Å². The largest absolute Gasteiger partial charge is 0.145 e. The highest BCUT2D eigenvalue weighted by Gasteiger charge is 2.18. The van der Waals surface area contributed by atoms with Crippen molar-refractivity contribution in [2.45, 2.75) is 19.2 Å². The maximum Gasteiger partial charge on any atom is 0.103 e. The van der Waals surface area contributed by atoms with E-state index in [2.05, 4.69) is 19.1 Å². The lowest BCUT2D eigenvalue weighted by Crippen LogP contribution is -1.86. The van der Waals surface area contributed by atoms with Gasteiger partial charge in [-0.3, -0.25) is 0 Å². The van der Waals surface area contributed by atoms with Gasteiger partial charge < -0.3 is 0 Å². The lowest BCUT2D eigenvalue weighted by atomic mass is 10.2. The smallest absolute Gasteiger partial charge is 0.103 e. The summed E-state index contributed by atoms with van der Waals surface area (Å²) in [6.45, 7) is 4.09. The molecular weight excluding hydrogens is 267 g/mol. The van der Waals surface area contributed by atoms with Crippen molar-refractivity contribution in [2.75, 3.05) is 0 Å². The normalized spacial score (nSPS) is 13.1. The van der Waals surface area contributed by atoms with Crippen molar-refractivity contribution in [1.82, 2.24) is 0 Å². The van der Waals surface area contributed by atoms with Crippen LogP contribution in [0.5, 0.6) is 0 Å². The van der Waals surface area contributed by atoms with Gasteiger partial charge in [-0.1, -0.05) is 11.6 Å². The van der Waals surface area contributed by atoms with E-state index in [0.29, 0.717) is 0 Å². The number of alkyl halides is 1. The first-order valence-electron chi connectivity index (χ1n) is 4.53. The number of rotatable bonds is 2. The van der Waals surface area contributed by atoms with E-state index < -0.39 is 0 Å². The van der Waals surface area contributed by atoms with E-state index in [9.17, 15) is 0 Å². The minimum absolute atomic E-state index is 0.102. The van der Waals surface area contributed by atoms with Crippen LogP contribution in [0.25, 0.3) is 0 Å². The van der Waals surface area contributed by atoms with Crippen LogP contribution in [0.3, 0.4) is 0 Å². The molecule has 0 saturated carbocycles. The molecule has 1 unspecified atom stereocenters. The zero-order valence-electron chi connectivity index (χ0n) is 8.38. The van der Waals surface area contributed by atoms with E-state index in [-0.39, 0.29) is 5.38 Å². The molecule has 0 saturated heterocycles. The van der Waals surface area contributed by atoms with E-state index in [1.54, 1.807) is 22.7 Å². The van der Waals surface area contributed by atoms with Gasteiger partial charge in [0.05, 0.1) is 5.02 Å². The van der Waals surface area contributed by atoms with Gasteiger partial charge in [0.15, 0.2) is 0 Å². The fourth-order valence-electron chi connectivity index (χ4n) is 1.34. The molecule has 0 nitrogen and oxygen atoms in total. The summed E-state index contributed by atoms with van der Waals surface area (Å²) in [5, 5.41) is 2.76. The number of hydrogen-bond acceptors (Lipinski definition) is 2. The molecule has 2 aromatic heterocycles. The van der Waals surface area contributed by atoms with Gasteiger partial charge in [0.1, 0.15) is 5.38 Å². The number of aryl methyl sites for hydroxylation is 2. The van der Waals surface area contributed by atoms with E-state index in [4.69, 9.17) is 23.2 Å². The van der Waals surface area contributed by atoms with Crippen molar-refractivity contribution in [3.63, 3.8) is 0 Å². The average molecular weight is 277 g/mol. The molecule has 0 amide bonds. The SMILES string of the molecule is Cc1ccc(C(Cl)c2scc(C)c2Cl)s1. The summed E-state index contributed by atoms with van der Waals surface area (Å²) in [7, 11) is 0. The van der Waals surface area contributed by atoms with Crippen LogP contribution in [0.2, 0.25) is 5.02 Å². The zero-order valence-corrected chi connectivity index (χ0v) is 11.5. The molecule has 2 rings (SSSR count). The van der Waals surface area contributed by atoms with Crippen LogP contribution in [-0.2, 0) is 0 Å². The van der Waals surface area contributed by atoms with Gasteiger partial charge in [0.2, 0.25) is 0 Å². The topological polar surface area (TPSA) is 0 Å². The third-order valence-electron chi connectivity index (χ3n) is 2.17. The Hall–Kier alpha value is -0.0200. The van der Waals surface area contributed by atoms with Crippen LogP contribution < -0.4 is 0 Å². The Morgan fingerprint density at radius 3 is 2.47 bits per heavy atom. The van der Waals surface area contributed by atoms with Crippen LogP contribution in [0.4, 0.5) is 0 Å². The summed E-state index contributed by atoms with van der Waals surface area (Å²) >= 11 is 15.9. The molecular formula is C11H10Cl2S2. The van der Waals surface area contributed by atoms with E-state index in [1.165, 1.54) is 4.88 Å². The summed E-state index contributed by atoms with van der Waals surface area (Å²) in [6.07, 6.45) is 0. The maximum absolute atomic E-state index is 6.40. The van der Waals surface area contributed by atoms with Crippen molar-refractivity contribution >= 4 is 45.9 Å². The third-order valence-corrected chi connectivity index (χ3v) is 5.72. The summed E-state index contributed by atoms with van der Waals surface area (Å²) in [5.74, 6) is 0. The molecule has 0 aliphatic rings. The summed E-state index contributed by atoms with van der Waals surface area (Å²) in [5.41, 5.74) is 1.11. The molecule has 0 aromatic carbocycles. The van der Waals surface area contributed by atoms with Gasteiger partial charge in [-0.2, -0.15) is 0 Å². The molecule has 0 aliphatic carbocycles. The second kappa shape index (κ2) is 4.46. The summed E-state index contributed by atoms with van der Waals surface area (Å²) in [6, 6.07) is 4.16. The summed E-state index contributed by atoms with van der Waals surface area (Å²) in [4.78, 5) is 3.50. The van der Waals surface area contributed by atoms with Crippen LogP contribution in [0, 0.1) is 13.8 Å². The fraction of sp³-hybridized carbons (Fsp3) is 0.273. The predicted molar refractivity (Wildman–Crippen MR) is 70.8 cm³/mol. The molecule has 0 N–H and O–H groups in total. The standard InChI is InChI=1S/C11H10Cl2S2/c1-6-5-14-11(9(6)12)10(13)8-4-3-7(2)15-8/h3-5,10H,1-2H3. The molecule has 0 aliphatic heterocycles. The van der Waals surface area contributed by atoms with Gasteiger partial charge in [0, 0.05) is 14.6 Å². The Morgan fingerprint density at radius 1 is 1.27 bits per heavy atom. The average Bonchev–Trinajstić information content (AvgIpc) is 2.75. The van der Waals surface area contributed by atoms with Crippen LogP contribution in [0.1, 0.15) is 25.6 Å². The van der Waals surface area contributed by atoms with Crippen molar-refractivity contribution < 1.29 is 0 Å². The molecule has 0 spiro atoms. The monoisotopic (exact) mass is 276 g/mol. The highest BCUT2D eigenvalue weighted by Crippen LogP contribution is 2.41. The second-order valence-electron chi connectivity index (χ2n) is 3.41. The van der Waals surface area contributed by atoms with E-state index in [0.717, 1.165) is 20.3 Å². The van der Waals surface area contributed by atoms with Gasteiger partial charge in [-0.25, -0.2) is 0 Å². The first-order valence-corrected chi connectivity index (χ1v) is 7.04. The van der Waals surface area contributed by atoms with Gasteiger partial charge in [-0.15, -0.1) is 34.3 Å². The molecule has 15 heavy (non-hydrogen) atoms. The van der Waals surface area contributed by atoms with Crippen molar-refractivity contribution in [2.24, 2.45) is 0 Å². The Bertz CT molecular complexity index is 471. The predicted octanol–water partition coefficient (Wildman–Crippen LogP) is 5.41. The maximum atomic E-state index is 6.40.